The first kappa shape index (κ1) is 58.7. The van der Waals surface area contributed by atoms with E-state index in [1.807, 2.05) is 109 Å². The van der Waals surface area contributed by atoms with Gasteiger partial charge in [0, 0.05) is 30.9 Å². The van der Waals surface area contributed by atoms with Gasteiger partial charge in [0.25, 0.3) is 0 Å². The summed E-state index contributed by atoms with van der Waals surface area (Å²) in [7, 11) is 0. The van der Waals surface area contributed by atoms with Crippen LogP contribution in [0, 0.1) is 11.8 Å². The molecule has 15 heteroatoms. The molecule has 0 aliphatic rings. The van der Waals surface area contributed by atoms with E-state index in [-0.39, 0.29) is 138 Å². The fourth-order valence-corrected chi connectivity index (χ4v) is 6.53. The monoisotopic (exact) mass is 884 g/mol. The maximum atomic E-state index is 12.2. The summed E-state index contributed by atoms with van der Waals surface area (Å²) in [5, 5.41) is 25.1. The van der Waals surface area contributed by atoms with Crippen LogP contribution in [-0.2, 0) is 51.1 Å². The molecule has 328 valence electrons. The average molecular weight is 885 g/mol. The molecule has 4 aromatic carbocycles. The molecule has 0 bridgehead atoms. The summed E-state index contributed by atoms with van der Waals surface area (Å²) < 4.78 is 10.1. The Morgan fingerprint density at radius 1 is 0.540 bits per heavy atom. The van der Waals surface area contributed by atoms with E-state index in [0.29, 0.717) is 38.9 Å². The Bertz CT molecular complexity index is 1820. The molecule has 0 saturated carbocycles. The van der Waals surface area contributed by atoms with Crippen LogP contribution in [0.4, 0.5) is 0 Å². The van der Waals surface area contributed by atoms with Crippen LogP contribution in [0.2, 0.25) is 0 Å². The average Bonchev–Trinajstić information content (AvgIpc) is 3.23. The van der Waals surface area contributed by atoms with Crippen molar-refractivity contribution < 1.29 is 113 Å². The molecule has 4 N–H and O–H groups in total. The Balaban J connectivity index is 0.00000116. The van der Waals surface area contributed by atoms with Gasteiger partial charge in [-0.05, 0) is 79.3 Å². The topological polar surface area (TPSA) is 218 Å². The van der Waals surface area contributed by atoms with Crippen molar-refractivity contribution in [3.8, 4) is 22.3 Å². The molecule has 0 spiro atoms. The summed E-state index contributed by atoms with van der Waals surface area (Å²) in [4.78, 5) is 69.7. The van der Waals surface area contributed by atoms with Crippen molar-refractivity contribution in [2.75, 3.05) is 13.2 Å². The van der Waals surface area contributed by atoms with Crippen molar-refractivity contribution in [1.29, 1.82) is 0 Å². The predicted octanol–water partition coefficient (Wildman–Crippen LogP) is 0.167. The normalized spacial score (nSPS) is 12.0. The van der Waals surface area contributed by atoms with Gasteiger partial charge in [0.05, 0.1) is 31.5 Å². The first-order valence-corrected chi connectivity index (χ1v) is 20.4. The van der Waals surface area contributed by atoms with Crippen molar-refractivity contribution in [3.05, 3.63) is 120 Å². The van der Waals surface area contributed by atoms with Crippen LogP contribution in [0.25, 0.3) is 22.3 Å². The van der Waals surface area contributed by atoms with Crippen LogP contribution in [0.15, 0.2) is 109 Å². The van der Waals surface area contributed by atoms with Gasteiger partial charge in [-0.2, -0.15) is 0 Å². The number of nitrogens with one attached hydrogen (secondary N) is 2. The van der Waals surface area contributed by atoms with Gasteiger partial charge in [0.2, 0.25) is 11.8 Å². The van der Waals surface area contributed by atoms with Gasteiger partial charge < -0.3 is 40.6 Å². The Morgan fingerprint density at radius 2 is 0.873 bits per heavy atom. The van der Waals surface area contributed by atoms with Crippen LogP contribution >= 0.6 is 0 Å². The maximum Gasteiger partial charge on any atom is 1.00 e. The van der Waals surface area contributed by atoms with Crippen LogP contribution < -0.4 is 74.9 Å². The Kier molecular flexibility index (Phi) is 30.1. The molecule has 0 unspecified atom stereocenters. The smallest absolute Gasteiger partial charge is 0.870 e. The summed E-state index contributed by atoms with van der Waals surface area (Å²) in [6.45, 7) is 7.64. The standard InChI is InChI=1S/2C24H29NO5.2Na.H2O/c2*1-3-30-24(29)17(2)15-21(25-22(26)13-14-23(27)28)16-18-9-11-20(12-10-18)19-7-5-4-6-8-19;;;/h2*4-12,17,21H,3,13-16H2,1-2H3,(H,25,26)(H,27,28);;;1H2/q;;2*+1;/p-2/t2*17-,21+;;;/m11.../s1. The summed E-state index contributed by atoms with van der Waals surface area (Å²) in [6.07, 6.45) is 1.07. The number of benzene rings is 4. The molecule has 4 rings (SSSR count). The molecule has 13 nitrogen and oxygen atoms in total. The van der Waals surface area contributed by atoms with Crippen molar-refractivity contribution in [2.45, 2.75) is 91.1 Å². The number of ether oxygens (including phenoxy) is 2. The number of carboxylic acid groups (broad SMARTS) is 2. The number of carboxylic acids is 2. The largest absolute Gasteiger partial charge is 1.00 e. The third kappa shape index (κ3) is 23.2. The van der Waals surface area contributed by atoms with E-state index in [9.17, 15) is 33.9 Å². The fraction of sp³-hybridized carbons (Fsp3) is 0.375. The molecule has 0 heterocycles. The molecule has 63 heavy (non-hydrogen) atoms. The molecule has 4 aromatic rings. The molecular formula is C48H58N2Na2O11. The minimum atomic E-state index is -1.27. The van der Waals surface area contributed by atoms with Gasteiger partial charge in [-0.15, -0.1) is 0 Å². The third-order valence-electron chi connectivity index (χ3n) is 9.59. The Hall–Kier alpha value is -4.34. The van der Waals surface area contributed by atoms with E-state index < -0.39 is 11.9 Å². The number of amides is 2. The number of carbonyl (C=O) groups is 6. The van der Waals surface area contributed by atoms with Crippen LogP contribution in [0.1, 0.15) is 77.3 Å². The van der Waals surface area contributed by atoms with Crippen LogP contribution in [-0.4, -0.2) is 71.6 Å². The SMILES string of the molecule is CCOC(=O)[C@H](C)C[C@@H](Cc1ccc(-c2ccccc2)cc1)NC(=O)CCC(=O)O.CCOC(=O)[C@H](C)C[C@@H](Cc1ccc(-c2ccccc2)cc1)NC(=O)CCC(=O)[O-].[Na+].[Na+].[OH-]. The van der Waals surface area contributed by atoms with Crippen molar-refractivity contribution in [3.63, 3.8) is 0 Å². The predicted molar refractivity (Wildman–Crippen MR) is 229 cm³/mol. The number of rotatable bonds is 22. The summed E-state index contributed by atoms with van der Waals surface area (Å²) >= 11 is 0. The first-order valence-electron chi connectivity index (χ1n) is 20.4. The molecular weight excluding hydrogens is 827 g/mol. The van der Waals surface area contributed by atoms with Crippen molar-refractivity contribution in [2.24, 2.45) is 11.8 Å². The number of hydrogen-bond acceptors (Lipinski definition) is 10. The molecule has 0 fully saturated rings. The zero-order valence-corrected chi connectivity index (χ0v) is 41.3. The van der Waals surface area contributed by atoms with Gasteiger partial charge in [-0.3, -0.25) is 24.0 Å². The van der Waals surface area contributed by atoms with Gasteiger partial charge in [0.15, 0.2) is 0 Å². The number of esters is 2. The molecule has 0 aliphatic heterocycles. The van der Waals surface area contributed by atoms with E-state index in [1.165, 1.54) is 0 Å². The van der Waals surface area contributed by atoms with Crippen molar-refractivity contribution >= 4 is 35.7 Å². The van der Waals surface area contributed by atoms with E-state index in [0.717, 1.165) is 33.4 Å². The molecule has 0 radical (unpaired) electrons. The van der Waals surface area contributed by atoms with E-state index >= 15 is 0 Å². The Morgan fingerprint density at radius 3 is 1.19 bits per heavy atom. The fourth-order valence-electron chi connectivity index (χ4n) is 6.53. The molecule has 0 saturated heterocycles. The molecule has 4 atom stereocenters. The summed E-state index contributed by atoms with van der Waals surface area (Å²) in [5.41, 5.74) is 6.46. The van der Waals surface area contributed by atoms with Crippen molar-refractivity contribution in [1.82, 2.24) is 10.6 Å². The van der Waals surface area contributed by atoms with Gasteiger partial charge >= 0.3 is 77.0 Å². The quantitative estimate of drug-likeness (QED) is 0.0714. The van der Waals surface area contributed by atoms with Gasteiger partial charge in [-0.25, -0.2) is 0 Å². The second-order valence-corrected chi connectivity index (χ2v) is 14.6. The Labute approximate surface area is 415 Å². The summed E-state index contributed by atoms with van der Waals surface area (Å²) in [5.74, 6) is -4.37. The second-order valence-electron chi connectivity index (χ2n) is 14.6. The van der Waals surface area contributed by atoms with Crippen LogP contribution in [0.5, 0.6) is 0 Å². The second kappa shape index (κ2) is 32.3. The zero-order valence-electron chi connectivity index (χ0n) is 37.3. The van der Waals surface area contributed by atoms with Gasteiger partial charge in [-0.1, -0.05) is 123 Å². The minimum absolute atomic E-state index is 0. The third-order valence-corrected chi connectivity index (χ3v) is 9.59. The van der Waals surface area contributed by atoms with Gasteiger partial charge in [0.1, 0.15) is 0 Å². The summed E-state index contributed by atoms with van der Waals surface area (Å²) in [6, 6.07) is 35.5. The first-order chi connectivity index (χ1) is 28.8. The van der Waals surface area contributed by atoms with E-state index in [4.69, 9.17) is 14.6 Å². The number of hydrogen-bond donors (Lipinski definition) is 3. The number of carbonyl (C=O) groups excluding carboxylic acids is 5. The molecule has 0 aromatic heterocycles. The van der Waals surface area contributed by atoms with E-state index in [2.05, 4.69) is 10.6 Å². The zero-order chi connectivity index (χ0) is 43.9. The van der Waals surface area contributed by atoms with Crippen LogP contribution in [0.3, 0.4) is 0 Å². The minimum Gasteiger partial charge on any atom is -0.870 e. The van der Waals surface area contributed by atoms with E-state index in [1.54, 1.807) is 27.7 Å². The molecule has 2 amide bonds. The molecule has 0 aliphatic carbocycles. The number of aliphatic carboxylic acids is 2. The maximum absolute atomic E-state index is 12.2.